The first kappa shape index (κ1) is 15.0. The SMILES string of the molecule is C=CCN(C)S(=C)(=O)c1ccc(C(C)(C)C)cc1. The van der Waals surface area contributed by atoms with Crippen LogP contribution in [-0.4, -0.2) is 28.0 Å². The van der Waals surface area contributed by atoms with Gasteiger partial charge in [0.1, 0.15) is 0 Å². The predicted octanol–water partition coefficient (Wildman–Crippen LogP) is 3.09. The smallest absolute Gasteiger partial charge is 0.0558 e. The van der Waals surface area contributed by atoms with Gasteiger partial charge >= 0.3 is 0 Å². The molecule has 1 unspecified atom stereocenters. The standard InChI is InChI=1S/C15H23NOS/c1-7-12-16(5)18(6,17)14-10-8-13(9-11-14)15(2,3)4/h7-11H,1,6,12H2,2-5H3. The van der Waals surface area contributed by atoms with Crippen LogP contribution < -0.4 is 0 Å². The van der Waals surface area contributed by atoms with E-state index in [1.807, 2.05) is 24.3 Å². The van der Waals surface area contributed by atoms with Gasteiger partial charge in [0.25, 0.3) is 0 Å². The van der Waals surface area contributed by atoms with Crippen LogP contribution in [0.4, 0.5) is 0 Å². The van der Waals surface area contributed by atoms with Gasteiger partial charge in [0.2, 0.25) is 0 Å². The zero-order chi connectivity index (χ0) is 14.0. The van der Waals surface area contributed by atoms with E-state index in [1.165, 1.54) is 5.56 Å². The summed E-state index contributed by atoms with van der Waals surface area (Å²) in [6, 6.07) is 7.88. The molecule has 0 aliphatic carbocycles. The number of hydrogen-bond donors (Lipinski definition) is 0. The van der Waals surface area contributed by atoms with Crippen LogP contribution in [0.1, 0.15) is 26.3 Å². The van der Waals surface area contributed by atoms with Crippen molar-refractivity contribution in [1.29, 1.82) is 0 Å². The van der Waals surface area contributed by atoms with Gasteiger partial charge in [-0.15, -0.1) is 6.58 Å². The summed E-state index contributed by atoms with van der Waals surface area (Å²) >= 11 is 0. The lowest BCUT2D eigenvalue weighted by Gasteiger charge is -2.23. The molecule has 0 saturated carbocycles. The van der Waals surface area contributed by atoms with E-state index in [0.717, 1.165) is 4.90 Å². The Hall–Kier alpha value is -1.06. The molecule has 0 bridgehead atoms. The zero-order valence-corrected chi connectivity index (χ0v) is 12.6. The first-order valence-electron chi connectivity index (χ1n) is 5.99. The Bertz CT molecular complexity index is 506. The van der Waals surface area contributed by atoms with Gasteiger partial charge in [-0.25, -0.2) is 8.51 Å². The van der Waals surface area contributed by atoms with Crippen molar-refractivity contribution in [3.05, 3.63) is 42.5 Å². The minimum Gasteiger partial charge on any atom is -0.248 e. The number of benzene rings is 1. The van der Waals surface area contributed by atoms with Crippen molar-refractivity contribution in [2.45, 2.75) is 31.1 Å². The van der Waals surface area contributed by atoms with Crippen molar-refractivity contribution in [2.24, 2.45) is 0 Å². The molecule has 2 nitrogen and oxygen atoms in total. The van der Waals surface area contributed by atoms with Crippen molar-refractivity contribution in [3.63, 3.8) is 0 Å². The lowest BCUT2D eigenvalue weighted by atomic mass is 9.87. The summed E-state index contributed by atoms with van der Waals surface area (Å²) in [5, 5.41) is 0. The minimum absolute atomic E-state index is 0.105. The average Bonchev–Trinajstić information content (AvgIpc) is 2.28. The molecule has 0 amide bonds. The predicted molar refractivity (Wildman–Crippen MR) is 81.5 cm³/mol. The molecule has 1 aromatic carbocycles. The maximum Gasteiger partial charge on any atom is 0.0558 e. The van der Waals surface area contributed by atoms with Gasteiger partial charge in [0, 0.05) is 11.4 Å². The lowest BCUT2D eigenvalue weighted by Crippen LogP contribution is -2.26. The number of rotatable bonds is 4. The molecular formula is C15H23NOS. The van der Waals surface area contributed by atoms with E-state index in [4.69, 9.17) is 0 Å². The summed E-state index contributed by atoms with van der Waals surface area (Å²) in [4.78, 5) is 0.764. The molecule has 0 N–H and O–H groups in total. The first-order valence-corrected chi connectivity index (χ1v) is 7.68. The van der Waals surface area contributed by atoms with Gasteiger partial charge in [0.15, 0.2) is 0 Å². The Labute approximate surface area is 111 Å². The highest BCUT2D eigenvalue weighted by molar-refractivity contribution is 7.98. The van der Waals surface area contributed by atoms with Crippen LogP contribution in [0.25, 0.3) is 0 Å². The fraction of sp³-hybridized carbons (Fsp3) is 0.400. The van der Waals surface area contributed by atoms with Crippen LogP contribution in [0.2, 0.25) is 0 Å². The molecular weight excluding hydrogens is 242 g/mol. The molecule has 0 radical (unpaired) electrons. The highest BCUT2D eigenvalue weighted by Crippen LogP contribution is 2.24. The van der Waals surface area contributed by atoms with E-state index >= 15 is 0 Å². The minimum atomic E-state index is -2.40. The van der Waals surface area contributed by atoms with Gasteiger partial charge in [-0.05, 0) is 36.0 Å². The van der Waals surface area contributed by atoms with E-state index < -0.39 is 9.71 Å². The molecule has 0 aromatic heterocycles. The maximum absolute atomic E-state index is 12.6. The molecule has 0 heterocycles. The molecule has 1 atom stereocenters. The highest BCUT2D eigenvalue weighted by Gasteiger charge is 2.16. The second-order valence-electron chi connectivity index (χ2n) is 5.51. The summed E-state index contributed by atoms with van der Waals surface area (Å²) in [5.74, 6) is 3.86. The second-order valence-corrected chi connectivity index (χ2v) is 7.89. The molecule has 0 fully saturated rings. The number of hydrogen-bond acceptors (Lipinski definition) is 1. The highest BCUT2D eigenvalue weighted by atomic mass is 32.2. The third-order valence-electron chi connectivity index (χ3n) is 2.98. The fourth-order valence-electron chi connectivity index (χ4n) is 1.65. The fourth-order valence-corrected chi connectivity index (χ4v) is 2.92. The Balaban J connectivity index is 3.09. The van der Waals surface area contributed by atoms with Crippen molar-refractivity contribution < 1.29 is 4.21 Å². The Kier molecular flexibility index (Phi) is 4.41. The van der Waals surface area contributed by atoms with E-state index in [-0.39, 0.29) is 5.41 Å². The van der Waals surface area contributed by atoms with Crippen LogP contribution in [0.3, 0.4) is 0 Å². The number of nitrogens with zero attached hydrogens (tertiary/aromatic N) is 1. The van der Waals surface area contributed by atoms with Crippen LogP contribution in [0.15, 0.2) is 41.8 Å². The quantitative estimate of drug-likeness (QED) is 0.605. The molecule has 0 spiro atoms. The Morgan fingerprint density at radius 3 is 2.17 bits per heavy atom. The van der Waals surface area contributed by atoms with E-state index in [1.54, 1.807) is 17.4 Å². The van der Waals surface area contributed by atoms with Crippen molar-refractivity contribution in [1.82, 2.24) is 4.31 Å². The summed E-state index contributed by atoms with van der Waals surface area (Å²) in [6.45, 7) is 10.7. The molecule has 3 heteroatoms. The molecule has 1 aromatic rings. The van der Waals surface area contributed by atoms with Gasteiger partial charge in [-0.3, -0.25) is 0 Å². The average molecular weight is 265 g/mol. The topological polar surface area (TPSA) is 20.3 Å². The summed E-state index contributed by atoms with van der Waals surface area (Å²) in [6.07, 6.45) is 1.73. The molecule has 0 aliphatic rings. The molecule has 0 saturated heterocycles. The van der Waals surface area contributed by atoms with Crippen LogP contribution in [0, 0.1) is 0 Å². The van der Waals surface area contributed by atoms with Crippen LogP contribution in [0.5, 0.6) is 0 Å². The van der Waals surface area contributed by atoms with E-state index in [2.05, 4.69) is 33.2 Å². The lowest BCUT2D eigenvalue weighted by molar-refractivity contribution is 0.564. The third kappa shape index (κ3) is 3.24. The summed E-state index contributed by atoms with van der Waals surface area (Å²) in [7, 11) is -0.601. The van der Waals surface area contributed by atoms with E-state index in [9.17, 15) is 4.21 Å². The Morgan fingerprint density at radius 2 is 1.78 bits per heavy atom. The van der Waals surface area contributed by atoms with Gasteiger partial charge in [-0.2, -0.15) is 0 Å². The molecule has 1 rings (SSSR count). The number of likely N-dealkylation sites (N-methyl/N-ethyl adjacent to an activating group) is 1. The van der Waals surface area contributed by atoms with Crippen molar-refractivity contribution in [3.8, 4) is 0 Å². The third-order valence-corrected chi connectivity index (χ3v) is 5.14. The normalized spacial score (nSPS) is 15.4. The second kappa shape index (κ2) is 5.29. The van der Waals surface area contributed by atoms with Crippen LogP contribution >= 0.6 is 0 Å². The monoisotopic (exact) mass is 265 g/mol. The summed E-state index contributed by atoms with van der Waals surface area (Å²) in [5.41, 5.74) is 1.33. The molecule has 18 heavy (non-hydrogen) atoms. The van der Waals surface area contributed by atoms with Gasteiger partial charge < -0.3 is 0 Å². The van der Waals surface area contributed by atoms with Gasteiger partial charge in [0.05, 0.1) is 9.71 Å². The zero-order valence-electron chi connectivity index (χ0n) is 11.8. The van der Waals surface area contributed by atoms with Gasteiger partial charge in [-0.1, -0.05) is 39.0 Å². The largest absolute Gasteiger partial charge is 0.248 e. The van der Waals surface area contributed by atoms with Crippen molar-refractivity contribution in [2.75, 3.05) is 13.6 Å². The molecule has 100 valence electrons. The molecule has 0 aliphatic heterocycles. The first-order chi connectivity index (χ1) is 8.19. The maximum atomic E-state index is 12.6. The Morgan fingerprint density at radius 1 is 1.28 bits per heavy atom. The van der Waals surface area contributed by atoms with Crippen molar-refractivity contribution >= 4 is 15.6 Å². The van der Waals surface area contributed by atoms with E-state index in [0.29, 0.717) is 6.54 Å². The van der Waals surface area contributed by atoms with Crippen LogP contribution in [-0.2, 0) is 15.1 Å². The summed E-state index contributed by atoms with van der Waals surface area (Å²) < 4.78 is 14.3.